The van der Waals surface area contributed by atoms with Gasteiger partial charge in [-0.15, -0.1) is 11.3 Å². The van der Waals surface area contributed by atoms with E-state index in [4.69, 9.17) is 18.9 Å². The van der Waals surface area contributed by atoms with Crippen LogP contribution in [0.5, 0.6) is 23.0 Å². The summed E-state index contributed by atoms with van der Waals surface area (Å²) in [6, 6.07) is 99.9. The van der Waals surface area contributed by atoms with Crippen LogP contribution in [0.4, 0.5) is 34.1 Å². The zero-order valence-electron chi connectivity index (χ0n) is 61.9. The number of nitrogens with zero attached hydrogens (tertiary/aromatic N) is 2. The highest BCUT2D eigenvalue weighted by molar-refractivity contribution is 7.25. The zero-order chi connectivity index (χ0) is 73.2. The van der Waals surface area contributed by atoms with Crippen molar-refractivity contribution in [2.45, 2.75) is 79.1 Å². The molecule has 0 spiro atoms. The Bertz CT molecular complexity index is 4590. The van der Waals surface area contributed by atoms with Crippen LogP contribution in [0.25, 0.3) is 93.1 Å². The molecule has 0 saturated carbocycles. The number of hydrogen-bond acceptors (Lipinski definition) is 7. The van der Waals surface area contributed by atoms with E-state index in [2.05, 4.69) is 389 Å². The molecule has 12 aromatic carbocycles. The third kappa shape index (κ3) is 20.8. The first-order valence-electron chi connectivity index (χ1n) is 38.0. The van der Waals surface area contributed by atoms with Crippen molar-refractivity contribution in [3.63, 3.8) is 0 Å². The fraction of sp³-hybridized carbons (Fsp3) is 0.160. The van der Waals surface area contributed by atoms with E-state index in [-0.39, 0.29) is 0 Å². The van der Waals surface area contributed by atoms with Crippen molar-refractivity contribution < 1.29 is 18.9 Å². The first-order valence-corrected chi connectivity index (χ1v) is 38.8. The number of benzene rings is 12. The van der Waals surface area contributed by atoms with Crippen LogP contribution in [-0.4, -0.2) is 26.4 Å². The molecule has 0 amide bonds. The predicted molar refractivity (Wildman–Crippen MR) is 463 cm³/mol. The maximum absolute atomic E-state index is 5.91. The first-order chi connectivity index (χ1) is 52.8. The Kier molecular flexibility index (Phi) is 25.9. The standard InChI is InChI=1S/C100H94N2O4S/c1-5-9-69-103-93-59-37-81(38-60-93)17-13-75-25-47-87(48-26-75)101(88-49-27-76(28-50-88)14-18-82-39-61-94(62-40-82)104-70-10-6-2)91-55-33-79(34-56-91)21-23-85-45-67-99-97(73-85)98-74-86(46-68-100(98)107-99)24-22-80-35-57-92(58-36-80)102(89-51-29-77(30-52-89)15-19-83-41-63-95(64-42-83)105-71-11-7-3)90-53-31-78(32-54-90)16-20-84-43-65-96(66-44-84)106-72-12-8-4/h13-68,73-74H,5-12,69-72H2,1-4H3/b17-13+,18-14+,19-15+,20-16+,23-21+,24-22+. The molecule has 13 aromatic rings. The van der Waals surface area contributed by atoms with Gasteiger partial charge in [-0.3, -0.25) is 0 Å². The van der Waals surface area contributed by atoms with Gasteiger partial charge >= 0.3 is 0 Å². The van der Waals surface area contributed by atoms with Crippen molar-refractivity contribution in [1.82, 2.24) is 0 Å². The third-order valence-electron chi connectivity index (χ3n) is 18.8. The molecule has 0 fully saturated rings. The predicted octanol–water partition coefficient (Wildman–Crippen LogP) is 28.7. The van der Waals surface area contributed by atoms with Crippen LogP contribution in [0, 0.1) is 0 Å². The summed E-state index contributed by atoms with van der Waals surface area (Å²) >= 11 is 1.84. The van der Waals surface area contributed by atoms with Crippen LogP contribution in [-0.2, 0) is 0 Å². The van der Waals surface area contributed by atoms with Gasteiger partial charge in [-0.05, 0) is 238 Å². The van der Waals surface area contributed by atoms with Gasteiger partial charge in [-0.2, -0.15) is 0 Å². The lowest BCUT2D eigenvalue weighted by molar-refractivity contribution is 0.309. The van der Waals surface area contributed by atoms with E-state index in [1.54, 1.807) is 0 Å². The van der Waals surface area contributed by atoms with Crippen LogP contribution in [0.2, 0.25) is 0 Å². The molecule has 7 heteroatoms. The highest BCUT2D eigenvalue weighted by Crippen LogP contribution is 2.40. The number of ether oxygens (including phenoxy) is 4. The second-order valence-corrected chi connectivity index (χ2v) is 28.0. The molecule has 13 rings (SSSR count). The maximum Gasteiger partial charge on any atom is 0.119 e. The van der Waals surface area contributed by atoms with Crippen molar-refractivity contribution in [2.75, 3.05) is 36.2 Å². The largest absolute Gasteiger partial charge is 0.494 e. The van der Waals surface area contributed by atoms with Gasteiger partial charge in [-0.1, -0.05) is 260 Å². The number of fused-ring (bicyclic) bond motifs is 3. The van der Waals surface area contributed by atoms with E-state index in [1.807, 2.05) is 11.3 Å². The Labute approximate surface area is 637 Å². The summed E-state index contributed by atoms with van der Waals surface area (Å²) in [5.74, 6) is 3.63. The van der Waals surface area contributed by atoms with Gasteiger partial charge in [0.2, 0.25) is 0 Å². The zero-order valence-corrected chi connectivity index (χ0v) is 62.7. The van der Waals surface area contributed by atoms with E-state index in [9.17, 15) is 0 Å². The minimum absolute atomic E-state index is 0.742. The minimum atomic E-state index is 0.742. The lowest BCUT2D eigenvalue weighted by Gasteiger charge is -2.26. The van der Waals surface area contributed by atoms with Crippen LogP contribution >= 0.6 is 11.3 Å². The van der Waals surface area contributed by atoms with Crippen LogP contribution in [0.1, 0.15) is 146 Å². The molecule has 1 aromatic heterocycles. The summed E-state index contributed by atoms with van der Waals surface area (Å²) in [5.41, 5.74) is 20.0. The Morgan fingerprint density at radius 3 is 0.570 bits per heavy atom. The highest BCUT2D eigenvalue weighted by Gasteiger charge is 2.16. The lowest BCUT2D eigenvalue weighted by Crippen LogP contribution is -2.09. The molecule has 0 atom stereocenters. The quantitative estimate of drug-likeness (QED) is 0.0296. The summed E-state index contributed by atoms with van der Waals surface area (Å²) < 4.78 is 26.2. The molecule has 0 saturated heterocycles. The van der Waals surface area contributed by atoms with Gasteiger partial charge in [0.15, 0.2) is 0 Å². The van der Waals surface area contributed by atoms with Gasteiger partial charge in [0.1, 0.15) is 23.0 Å². The van der Waals surface area contributed by atoms with Crippen molar-refractivity contribution in [3.8, 4) is 23.0 Å². The van der Waals surface area contributed by atoms with Crippen LogP contribution in [0.3, 0.4) is 0 Å². The molecule has 1 heterocycles. The molecule has 0 aliphatic carbocycles. The molecule has 0 aliphatic rings. The molecular formula is C100H94N2O4S. The Morgan fingerprint density at radius 2 is 0.383 bits per heavy atom. The third-order valence-corrected chi connectivity index (χ3v) is 20.0. The van der Waals surface area contributed by atoms with E-state index in [1.165, 1.54) is 20.2 Å². The molecule has 6 nitrogen and oxygen atoms in total. The van der Waals surface area contributed by atoms with Gasteiger partial charge in [0, 0.05) is 54.3 Å². The van der Waals surface area contributed by atoms with Gasteiger partial charge in [-0.25, -0.2) is 0 Å². The summed E-state index contributed by atoms with van der Waals surface area (Å²) in [6.07, 6.45) is 34.9. The first kappa shape index (κ1) is 73.4. The van der Waals surface area contributed by atoms with E-state index >= 15 is 0 Å². The SMILES string of the molecule is CCCCOc1ccc(/C=C/c2ccc(N(c3ccc(/C=C/c4ccc(OCCCC)cc4)cc3)c3ccc(/C=C/c4ccc5sc6ccc(/C=C/c7ccc(N(c8ccc(/C=C/c9ccc(OCCCC)cc9)cc8)c8ccc(/C=C/c9ccc(OCCCC)cc9)cc8)cc7)cc6c5c4)cc3)cc2)cc1. The molecular weight excluding hydrogens is 1330 g/mol. The maximum atomic E-state index is 5.91. The molecule has 0 radical (unpaired) electrons. The second-order valence-electron chi connectivity index (χ2n) is 26.9. The van der Waals surface area contributed by atoms with Crippen molar-refractivity contribution in [3.05, 3.63) is 346 Å². The fourth-order valence-corrected chi connectivity index (χ4v) is 13.6. The molecule has 0 aliphatic heterocycles. The van der Waals surface area contributed by atoms with E-state index in [0.29, 0.717) is 0 Å². The number of anilines is 6. The Hall–Kier alpha value is -11.9. The second kappa shape index (κ2) is 37.7. The van der Waals surface area contributed by atoms with Crippen LogP contribution < -0.4 is 28.7 Å². The summed E-state index contributed by atoms with van der Waals surface area (Å²) in [6.45, 7) is 11.7. The highest BCUT2D eigenvalue weighted by atomic mass is 32.1. The summed E-state index contributed by atoms with van der Waals surface area (Å²) in [7, 11) is 0. The normalized spacial score (nSPS) is 11.8. The molecule has 534 valence electrons. The Balaban J connectivity index is 0.702. The van der Waals surface area contributed by atoms with E-state index in [0.717, 1.165) is 202 Å². The number of unbranched alkanes of at least 4 members (excludes halogenated alkanes) is 4. The van der Waals surface area contributed by atoms with Gasteiger partial charge in [0.05, 0.1) is 26.4 Å². The monoisotopic (exact) mass is 1420 g/mol. The molecule has 0 bridgehead atoms. The smallest absolute Gasteiger partial charge is 0.119 e. The molecule has 0 unspecified atom stereocenters. The number of thiophene rings is 1. The lowest BCUT2D eigenvalue weighted by atomic mass is 10.0. The molecule has 107 heavy (non-hydrogen) atoms. The number of rotatable bonds is 34. The summed E-state index contributed by atoms with van der Waals surface area (Å²) in [5, 5.41) is 2.52. The Morgan fingerprint density at radius 1 is 0.215 bits per heavy atom. The topological polar surface area (TPSA) is 43.4 Å². The molecule has 0 N–H and O–H groups in total. The fourth-order valence-electron chi connectivity index (χ4n) is 12.5. The van der Waals surface area contributed by atoms with E-state index < -0.39 is 0 Å². The van der Waals surface area contributed by atoms with Gasteiger partial charge < -0.3 is 28.7 Å². The van der Waals surface area contributed by atoms with Crippen molar-refractivity contribution in [2.24, 2.45) is 0 Å². The van der Waals surface area contributed by atoms with Crippen molar-refractivity contribution >= 4 is 139 Å². The van der Waals surface area contributed by atoms with Gasteiger partial charge in [0.25, 0.3) is 0 Å². The average molecular weight is 1420 g/mol. The number of hydrogen-bond donors (Lipinski definition) is 0. The minimum Gasteiger partial charge on any atom is -0.494 e. The average Bonchev–Trinajstić information content (AvgIpc) is 1.64. The van der Waals surface area contributed by atoms with Crippen molar-refractivity contribution in [1.29, 1.82) is 0 Å². The van der Waals surface area contributed by atoms with Crippen LogP contribution in [0.15, 0.2) is 279 Å². The summed E-state index contributed by atoms with van der Waals surface area (Å²) in [4.78, 5) is 4.65.